The summed E-state index contributed by atoms with van der Waals surface area (Å²) >= 11 is 0. The minimum atomic E-state index is -0.608. The van der Waals surface area contributed by atoms with Gasteiger partial charge in [0.05, 0.1) is 7.11 Å². The maximum atomic E-state index is 11.1. The molecule has 0 bridgehead atoms. The van der Waals surface area contributed by atoms with Crippen molar-refractivity contribution in [1.29, 1.82) is 0 Å². The van der Waals surface area contributed by atoms with Crippen molar-refractivity contribution in [3.63, 3.8) is 0 Å². The molecule has 0 saturated carbocycles. The van der Waals surface area contributed by atoms with Crippen LogP contribution in [0.1, 0.15) is 12.5 Å². The number of carbonyl (C=O) groups is 1. The van der Waals surface area contributed by atoms with Gasteiger partial charge >= 0.3 is 5.97 Å². The molecular formula is C11H16ClNO3. The van der Waals surface area contributed by atoms with Crippen LogP contribution in [0.4, 0.5) is 0 Å². The predicted molar refractivity (Wildman–Crippen MR) is 63.7 cm³/mol. The number of nitrogens with two attached hydrogens (primary N) is 1. The van der Waals surface area contributed by atoms with E-state index < -0.39 is 12.1 Å². The van der Waals surface area contributed by atoms with E-state index >= 15 is 0 Å². The summed E-state index contributed by atoms with van der Waals surface area (Å²) in [5.41, 5.74) is 6.45. The standard InChI is InChI=1S/C11H15NO3.ClH/c1-8(11(13)14-2)15-10-5-3-4-9(6-10)7-12;/h3-6,8H,7,12H2,1-2H3;1H/t8-;/m1./s1. The molecule has 0 fully saturated rings. The second-order valence-electron chi connectivity index (χ2n) is 3.13. The van der Waals surface area contributed by atoms with Crippen molar-refractivity contribution >= 4 is 18.4 Å². The average molecular weight is 246 g/mol. The zero-order chi connectivity index (χ0) is 11.3. The molecule has 2 N–H and O–H groups in total. The topological polar surface area (TPSA) is 61.5 Å². The van der Waals surface area contributed by atoms with E-state index in [1.54, 1.807) is 19.1 Å². The Labute approximate surface area is 101 Å². The Balaban J connectivity index is 0.00000225. The monoisotopic (exact) mass is 245 g/mol. The summed E-state index contributed by atoms with van der Waals surface area (Å²) in [7, 11) is 1.33. The van der Waals surface area contributed by atoms with Gasteiger partial charge in [-0.25, -0.2) is 4.79 Å². The van der Waals surface area contributed by atoms with E-state index in [0.29, 0.717) is 12.3 Å². The third-order valence-corrected chi connectivity index (χ3v) is 1.98. The summed E-state index contributed by atoms with van der Waals surface area (Å²) in [6, 6.07) is 7.31. The van der Waals surface area contributed by atoms with Crippen LogP contribution in [0, 0.1) is 0 Å². The molecule has 16 heavy (non-hydrogen) atoms. The molecule has 0 aliphatic heterocycles. The highest BCUT2D eigenvalue weighted by Crippen LogP contribution is 2.14. The average Bonchev–Trinajstić information content (AvgIpc) is 2.28. The van der Waals surface area contributed by atoms with Gasteiger partial charge in [-0.05, 0) is 24.6 Å². The van der Waals surface area contributed by atoms with Crippen LogP contribution in [0.15, 0.2) is 24.3 Å². The van der Waals surface area contributed by atoms with Crippen LogP contribution in [0.3, 0.4) is 0 Å². The molecule has 0 amide bonds. The van der Waals surface area contributed by atoms with E-state index in [9.17, 15) is 4.79 Å². The molecule has 1 aromatic rings. The predicted octanol–water partition coefficient (Wildman–Crippen LogP) is 1.51. The molecule has 5 heteroatoms. The van der Waals surface area contributed by atoms with Crippen LogP contribution in [0.2, 0.25) is 0 Å². The summed E-state index contributed by atoms with van der Waals surface area (Å²) in [5.74, 6) is 0.226. The Kier molecular flexibility index (Phi) is 6.53. The maximum absolute atomic E-state index is 11.1. The lowest BCUT2D eigenvalue weighted by Gasteiger charge is -2.12. The fraction of sp³-hybridized carbons (Fsp3) is 0.364. The second-order valence-corrected chi connectivity index (χ2v) is 3.13. The molecule has 0 saturated heterocycles. The Morgan fingerprint density at radius 1 is 1.50 bits per heavy atom. The minimum absolute atomic E-state index is 0. The molecule has 0 radical (unpaired) electrons. The molecule has 90 valence electrons. The molecule has 0 aliphatic rings. The number of hydrogen-bond donors (Lipinski definition) is 1. The van der Waals surface area contributed by atoms with Crippen molar-refractivity contribution in [2.75, 3.05) is 7.11 Å². The van der Waals surface area contributed by atoms with Gasteiger partial charge in [0.25, 0.3) is 0 Å². The first kappa shape index (κ1) is 14.7. The van der Waals surface area contributed by atoms with Crippen LogP contribution < -0.4 is 10.5 Å². The molecule has 0 aromatic heterocycles. The summed E-state index contributed by atoms with van der Waals surface area (Å²) in [6.07, 6.45) is -0.608. The minimum Gasteiger partial charge on any atom is -0.479 e. The molecule has 1 atom stereocenters. The van der Waals surface area contributed by atoms with Gasteiger partial charge in [0, 0.05) is 6.54 Å². The highest BCUT2D eigenvalue weighted by atomic mass is 35.5. The van der Waals surface area contributed by atoms with Gasteiger partial charge in [0.2, 0.25) is 0 Å². The smallest absolute Gasteiger partial charge is 0.346 e. The van der Waals surface area contributed by atoms with Crippen LogP contribution in [-0.2, 0) is 16.1 Å². The largest absolute Gasteiger partial charge is 0.479 e. The van der Waals surface area contributed by atoms with Crippen molar-refractivity contribution in [2.45, 2.75) is 19.6 Å². The highest BCUT2D eigenvalue weighted by Gasteiger charge is 2.14. The molecule has 0 spiro atoms. The molecule has 4 nitrogen and oxygen atoms in total. The lowest BCUT2D eigenvalue weighted by atomic mass is 10.2. The Morgan fingerprint density at radius 2 is 2.19 bits per heavy atom. The third kappa shape index (κ3) is 4.08. The molecule has 0 aliphatic carbocycles. The van der Waals surface area contributed by atoms with Gasteiger partial charge in [-0.15, -0.1) is 12.4 Å². The number of ether oxygens (including phenoxy) is 2. The first-order chi connectivity index (χ1) is 7.17. The molecule has 1 rings (SSSR count). The quantitative estimate of drug-likeness (QED) is 0.817. The van der Waals surface area contributed by atoms with Gasteiger partial charge in [0.15, 0.2) is 6.10 Å². The fourth-order valence-electron chi connectivity index (χ4n) is 1.16. The zero-order valence-corrected chi connectivity index (χ0v) is 10.1. The van der Waals surface area contributed by atoms with Crippen molar-refractivity contribution in [3.05, 3.63) is 29.8 Å². The third-order valence-electron chi connectivity index (χ3n) is 1.98. The molecule has 0 heterocycles. The normalized spacial score (nSPS) is 11.2. The first-order valence-corrected chi connectivity index (χ1v) is 4.71. The van der Waals surface area contributed by atoms with E-state index in [1.807, 2.05) is 12.1 Å². The van der Waals surface area contributed by atoms with Crippen molar-refractivity contribution in [2.24, 2.45) is 5.73 Å². The zero-order valence-electron chi connectivity index (χ0n) is 9.30. The van der Waals surface area contributed by atoms with Crippen LogP contribution in [0.25, 0.3) is 0 Å². The summed E-state index contributed by atoms with van der Waals surface area (Å²) in [4.78, 5) is 11.1. The van der Waals surface area contributed by atoms with Crippen LogP contribution in [-0.4, -0.2) is 19.2 Å². The van der Waals surface area contributed by atoms with E-state index in [0.717, 1.165) is 5.56 Å². The van der Waals surface area contributed by atoms with E-state index in [2.05, 4.69) is 4.74 Å². The Morgan fingerprint density at radius 3 is 2.75 bits per heavy atom. The number of esters is 1. The van der Waals surface area contributed by atoms with E-state index in [4.69, 9.17) is 10.5 Å². The lowest BCUT2D eigenvalue weighted by Crippen LogP contribution is -2.24. The van der Waals surface area contributed by atoms with E-state index in [1.165, 1.54) is 7.11 Å². The molecule has 1 aromatic carbocycles. The summed E-state index contributed by atoms with van der Waals surface area (Å²) in [5, 5.41) is 0. The van der Waals surface area contributed by atoms with Gasteiger partial charge in [-0.1, -0.05) is 12.1 Å². The Hall–Kier alpha value is -1.26. The highest BCUT2D eigenvalue weighted by molar-refractivity contribution is 5.85. The Bertz CT molecular complexity index is 344. The van der Waals surface area contributed by atoms with E-state index in [-0.39, 0.29) is 12.4 Å². The second kappa shape index (κ2) is 7.09. The van der Waals surface area contributed by atoms with Crippen molar-refractivity contribution in [1.82, 2.24) is 0 Å². The van der Waals surface area contributed by atoms with Gasteiger partial charge in [0.1, 0.15) is 5.75 Å². The van der Waals surface area contributed by atoms with Crippen LogP contribution in [0.5, 0.6) is 5.75 Å². The number of methoxy groups -OCH3 is 1. The number of benzene rings is 1. The van der Waals surface area contributed by atoms with Gasteiger partial charge < -0.3 is 15.2 Å². The fourth-order valence-corrected chi connectivity index (χ4v) is 1.16. The van der Waals surface area contributed by atoms with Crippen molar-refractivity contribution < 1.29 is 14.3 Å². The molecular weight excluding hydrogens is 230 g/mol. The maximum Gasteiger partial charge on any atom is 0.346 e. The van der Waals surface area contributed by atoms with Crippen molar-refractivity contribution in [3.8, 4) is 5.75 Å². The summed E-state index contributed by atoms with van der Waals surface area (Å²) < 4.78 is 9.93. The van der Waals surface area contributed by atoms with Gasteiger partial charge in [-0.3, -0.25) is 0 Å². The number of carbonyl (C=O) groups excluding carboxylic acids is 1. The lowest BCUT2D eigenvalue weighted by molar-refractivity contribution is -0.147. The van der Waals surface area contributed by atoms with Crippen LogP contribution >= 0.6 is 12.4 Å². The van der Waals surface area contributed by atoms with Gasteiger partial charge in [-0.2, -0.15) is 0 Å². The number of hydrogen-bond acceptors (Lipinski definition) is 4. The number of rotatable bonds is 4. The number of halogens is 1. The SMILES string of the molecule is COC(=O)[C@@H](C)Oc1cccc(CN)c1.Cl. The first-order valence-electron chi connectivity index (χ1n) is 4.71. The molecule has 0 unspecified atom stereocenters. The summed E-state index contributed by atoms with van der Waals surface area (Å²) in [6.45, 7) is 2.09.